The van der Waals surface area contributed by atoms with E-state index in [9.17, 15) is 76.6 Å². The Kier molecular flexibility index (Phi) is 18.7. The maximum absolute atomic E-state index is 15.4. The minimum Gasteiger partial charge on any atom is -0.432 e. The first-order valence-electron chi connectivity index (χ1n) is 30.2. The second kappa shape index (κ2) is 24.1. The van der Waals surface area contributed by atoms with Gasteiger partial charge in [-0.2, -0.15) is 0 Å². The summed E-state index contributed by atoms with van der Waals surface area (Å²) in [6.45, 7) is 12.3. The standard InChI is InChI=1S/C58H94O26/c1-24-34(64)44(81-47-41(71)35(65)27(62)21-75-47)43(73)49(77-24)82-45-36(66)28(63)22-76-50(45)80-33-11-12-54(4)31(55(33,5)23-61)10-13-57(7)32(54)9-8-25-26-18-53(2,3)14-16-58(26,17-15-56(25,57)6)52(74)84-51-46(40(70)38(68)30(20-60)79-51)83-48-42(72)39(69)37(67)29(19-59)78-48/h8,24,26-51,59-73H,9-23H2,1-7H3/t24-,26?,27-,28+,29-,30-,31?,32?,33?,34-,35+,36+,37-,38-,39+,40+,41-,42-,43-,44-,45-,46-,47+,48+,49+,50+,51+,54?,55?,56?,57?,58?/m1/s1. The predicted octanol–water partition coefficient (Wildman–Crippen LogP) is -2.93. The molecule has 0 aromatic carbocycles. The number of ether oxygens (including phenoxy) is 10. The highest BCUT2D eigenvalue weighted by atomic mass is 16.8. The van der Waals surface area contributed by atoms with E-state index in [4.69, 9.17) is 47.4 Å². The highest BCUT2D eigenvalue weighted by Gasteiger charge is 2.71. The van der Waals surface area contributed by atoms with Gasteiger partial charge in [0.25, 0.3) is 0 Å². The number of aliphatic hydroxyl groups excluding tert-OH is 15. The third kappa shape index (κ3) is 10.8. The van der Waals surface area contributed by atoms with Gasteiger partial charge in [0, 0.05) is 5.41 Å². The zero-order chi connectivity index (χ0) is 61.1. The number of fused-ring (bicyclic) bond motifs is 7. The van der Waals surface area contributed by atoms with E-state index in [0.29, 0.717) is 57.8 Å². The van der Waals surface area contributed by atoms with Crippen LogP contribution >= 0.6 is 0 Å². The van der Waals surface area contributed by atoms with Gasteiger partial charge < -0.3 is 124 Å². The third-order valence-corrected chi connectivity index (χ3v) is 22.9. The van der Waals surface area contributed by atoms with Gasteiger partial charge in [0.15, 0.2) is 31.3 Å². The molecular weight excluding hydrogens is 1110 g/mol. The van der Waals surface area contributed by atoms with E-state index in [1.807, 2.05) is 6.92 Å². The molecule has 84 heavy (non-hydrogen) atoms. The third-order valence-electron chi connectivity index (χ3n) is 22.9. The molecule has 5 heterocycles. The first-order valence-corrected chi connectivity index (χ1v) is 30.2. The Hall–Kier alpha value is -1.75. The fourth-order valence-electron chi connectivity index (χ4n) is 17.4. The van der Waals surface area contributed by atoms with Gasteiger partial charge in [-0.25, -0.2) is 0 Å². The maximum atomic E-state index is 15.4. The number of hydrogen-bond donors (Lipinski definition) is 15. The van der Waals surface area contributed by atoms with E-state index in [2.05, 4.69) is 40.7 Å². The molecule has 0 amide bonds. The van der Waals surface area contributed by atoms with Gasteiger partial charge in [-0.3, -0.25) is 4.79 Å². The summed E-state index contributed by atoms with van der Waals surface area (Å²) in [6.07, 6.45) is -29.3. The molecule has 5 saturated heterocycles. The van der Waals surface area contributed by atoms with Crippen molar-refractivity contribution in [2.75, 3.05) is 33.0 Å². The highest BCUT2D eigenvalue weighted by molar-refractivity contribution is 5.79. The molecule has 0 bridgehead atoms. The molecule has 26 nitrogen and oxygen atoms in total. The van der Waals surface area contributed by atoms with E-state index in [1.54, 1.807) is 0 Å². The van der Waals surface area contributed by atoms with Gasteiger partial charge in [-0.1, -0.05) is 53.2 Å². The number of allylic oxidation sites excluding steroid dienone is 2. The lowest BCUT2D eigenvalue weighted by atomic mass is 9.33. The van der Waals surface area contributed by atoms with Crippen molar-refractivity contribution < 1.29 is 129 Å². The summed E-state index contributed by atoms with van der Waals surface area (Å²) in [5.74, 6) is -0.960. The van der Waals surface area contributed by atoms with Crippen molar-refractivity contribution in [3.05, 3.63) is 11.6 Å². The summed E-state index contributed by atoms with van der Waals surface area (Å²) >= 11 is 0. The molecule has 9 unspecified atom stereocenters. The molecule has 32 atom stereocenters. The van der Waals surface area contributed by atoms with Crippen LogP contribution in [0.4, 0.5) is 0 Å². The lowest BCUT2D eigenvalue weighted by molar-refractivity contribution is -0.379. The quantitative estimate of drug-likeness (QED) is 0.0499. The summed E-state index contributed by atoms with van der Waals surface area (Å²) in [4.78, 5) is 15.4. The number of aliphatic hydroxyl groups is 15. The topological polar surface area (TPSA) is 413 Å². The number of esters is 1. The highest BCUT2D eigenvalue weighted by Crippen LogP contribution is 2.76. The molecule has 10 aliphatic rings. The molecule has 0 radical (unpaired) electrons. The molecule has 4 saturated carbocycles. The summed E-state index contributed by atoms with van der Waals surface area (Å²) in [5.41, 5.74) is -2.13. The lowest BCUT2D eigenvalue weighted by Gasteiger charge is -2.71. The Labute approximate surface area is 488 Å². The van der Waals surface area contributed by atoms with Gasteiger partial charge in [0.1, 0.15) is 97.7 Å². The van der Waals surface area contributed by atoms with Crippen LogP contribution in [0.1, 0.15) is 113 Å². The van der Waals surface area contributed by atoms with Crippen molar-refractivity contribution in [1.29, 1.82) is 0 Å². The van der Waals surface area contributed by atoms with Crippen LogP contribution in [0, 0.1) is 50.2 Å². The minimum absolute atomic E-state index is 0.0875. The first kappa shape index (κ1) is 65.2. The van der Waals surface area contributed by atoms with Gasteiger partial charge >= 0.3 is 5.97 Å². The maximum Gasteiger partial charge on any atom is 0.315 e. The monoisotopic (exact) mass is 1210 g/mol. The summed E-state index contributed by atoms with van der Waals surface area (Å²) in [5, 5.41) is 162. The van der Waals surface area contributed by atoms with Crippen molar-refractivity contribution >= 4 is 5.97 Å². The molecule has 0 aromatic heterocycles. The molecule has 0 spiro atoms. The average molecular weight is 1210 g/mol. The molecule has 482 valence electrons. The van der Waals surface area contributed by atoms with Crippen LogP contribution in [0.15, 0.2) is 11.6 Å². The molecule has 9 fully saturated rings. The molecule has 5 aliphatic heterocycles. The summed E-state index contributed by atoms with van der Waals surface area (Å²) in [7, 11) is 0. The van der Waals surface area contributed by atoms with Crippen LogP contribution in [-0.2, 0) is 52.2 Å². The van der Waals surface area contributed by atoms with Gasteiger partial charge in [-0.15, -0.1) is 0 Å². The van der Waals surface area contributed by atoms with Crippen LogP contribution in [0.2, 0.25) is 0 Å². The van der Waals surface area contributed by atoms with E-state index in [-0.39, 0.29) is 47.2 Å². The van der Waals surface area contributed by atoms with Crippen molar-refractivity contribution in [3.63, 3.8) is 0 Å². The fourth-order valence-corrected chi connectivity index (χ4v) is 17.4. The van der Waals surface area contributed by atoms with Crippen LogP contribution in [-0.4, -0.2) is 263 Å². The Morgan fingerprint density at radius 2 is 1.12 bits per heavy atom. The summed E-state index contributed by atoms with van der Waals surface area (Å²) in [6, 6.07) is 0. The largest absolute Gasteiger partial charge is 0.432 e. The van der Waals surface area contributed by atoms with Crippen LogP contribution in [0.25, 0.3) is 0 Å². The zero-order valence-electron chi connectivity index (χ0n) is 49.0. The first-order chi connectivity index (χ1) is 39.4. The number of carbonyl (C=O) groups excluding carboxylic acids is 1. The van der Waals surface area contributed by atoms with Gasteiger partial charge in [0.05, 0.1) is 50.7 Å². The number of carbonyl (C=O) groups is 1. The van der Waals surface area contributed by atoms with Gasteiger partial charge in [-0.05, 0) is 111 Å². The lowest BCUT2D eigenvalue weighted by Crippen LogP contribution is -2.67. The molecular formula is C58H94O26. The van der Waals surface area contributed by atoms with Crippen LogP contribution < -0.4 is 0 Å². The minimum atomic E-state index is -1.90. The molecule has 10 rings (SSSR count). The predicted molar refractivity (Wildman–Crippen MR) is 283 cm³/mol. The average Bonchev–Trinajstić information content (AvgIpc) is 1.08. The van der Waals surface area contributed by atoms with Crippen molar-refractivity contribution in [3.8, 4) is 0 Å². The smallest absolute Gasteiger partial charge is 0.315 e. The van der Waals surface area contributed by atoms with Crippen LogP contribution in [0.5, 0.6) is 0 Å². The fraction of sp³-hybridized carbons (Fsp3) is 0.948. The van der Waals surface area contributed by atoms with Crippen molar-refractivity contribution in [2.45, 2.75) is 260 Å². The summed E-state index contributed by atoms with van der Waals surface area (Å²) < 4.78 is 60.0. The Balaban J connectivity index is 0.878. The number of rotatable bonds is 13. The SMILES string of the molecule is C[C@H]1O[C@@H](O[C@H]2[C@H](OC3CCC4(C)C(CCC5(C)C4CC=C4C6CC(C)(C)CCC6(C(=O)O[C@@H]6O[C@H](CO)[C@@H](O)[C@H](O)[C@H]6O[C@@H]6O[C@H](CO)[C@@H](O)[C@H](O)[C@H]6O)CCC45C)C3(C)CO)OC[C@H](O)[C@@H]2O)[C@H](O)[C@H](O[C@@H]2OC[C@@H](O)[C@H](O)[C@H]2O)[C@@H]1O. The van der Waals surface area contributed by atoms with Gasteiger partial charge in [0.2, 0.25) is 6.29 Å². The second-order valence-electron chi connectivity index (χ2n) is 28.0. The molecule has 26 heteroatoms. The van der Waals surface area contributed by atoms with E-state index < -0.39 is 189 Å². The van der Waals surface area contributed by atoms with Crippen LogP contribution in [0.3, 0.4) is 0 Å². The Morgan fingerprint density at radius 1 is 0.548 bits per heavy atom. The second-order valence-corrected chi connectivity index (χ2v) is 28.0. The van der Waals surface area contributed by atoms with Crippen molar-refractivity contribution in [1.82, 2.24) is 0 Å². The molecule has 5 aliphatic carbocycles. The number of hydrogen-bond acceptors (Lipinski definition) is 26. The van der Waals surface area contributed by atoms with E-state index in [0.717, 1.165) is 12.0 Å². The molecule has 15 N–H and O–H groups in total. The van der Waals surface area contributed by atoms with E-state index >= 15 is 4.79 Å². The van der Waals surface area contributed by atoms with Crippen molar-refractivity contribution in [2.24, 2.45) is 50.2 Å². The Morgan fingerprint density at radius 3 is 1.77 bits per heavy atom. The normalized spacial score (nSPS) is 54.9. The zero-order valence-corrected chi connectivity index (χ0v) is 49.0. The Bertz CT molecular complexity index is 2330. The molecule has 0 aromatic rings. The van der Waals surface area contributed by atoms with E-state index in [1.165, 1.54) is 6.92 Å².